The van der Waals surface area contributed by atoms with Gasteiger partial charge in [-0.2, -0.15) is 8.78 Å². The van der Waals surface area contributed by atoms with E-state index in [1.54, 1.807) is 28.4 Å². The lowest BCUT2D eigenvalue weighted by Crippen LogP contribution is -2.46. The van der Waals surface area contributed by atoms with Gasteiger partial charge in [0.1, 0.15) is 0 Å². The van der Waals surface area contributed by atoms with Gasteiger partial charge in [-0.15, -0.1) is 11.3 Å². The summed E-state index contributed by atoms with van der Waals surface area (Å²) in [6.07, 6.45) is -2.50. The number of piperidine rings is 1. The van der Waals surface area contributed by atoms with Gasteiger partial charge in [-0.05, 0) is 67.6 Å². The molecule has 2 aromatic carbocycles. The number of nitrogens with one attached hydrogen (secondary N) is 1. The summed E-state index contributed by atoms with van der Waals surface area (Å²) in [5.41, 5.74) is 2.88. The number of amides is 1. The highest BCUT2D eigenvalue weighted by Crippen LogP contribution is 2.32. The first-order valence-corrected chi connectivity index (χ1v) is 12.1. The molecule has 10 heteroatoms. The van der Waals surface area contributed by atoms with Crippen molar-refractivity contribution in [3.8, 4) is 0 Å². The average molecular weight is 494 g/mol. The van der Waals surface area contributed by atoms with Crippen molar-refractivity contribution in [1.82, 2.24) is 9.88 Å². The Bertz CT molecular complexity index is 1160. The Morgan fingerprint density at radius 1 is 1.15 bits per heavy atom. The number of halogens is 3. The summed E-state index contributed by atoms with van der Waals surface area (Å²) in [4.78, 5) is 19.8. The number of hydrogen-bond donors (Lipinski definition) is 2. The maximum absolute atomic E-state index is 13.1. The van der Waals surface area contributed by atoms with E-state index in [1.807, 2.05) is 35.8 Å². The van der Waals surface area contributed by atoms with Crippen molar-refractivity contribution < 1.29 is 23.1 Å². The van der Waals surface area contributed by atoms with E-state index in [0.717, 1.165) is 20.8 Å². The smallest absolute Gasteiger partial charge is 0.301 e. The van der Waals surface area contributed by atoms with Gasteiger partial charge >= 0.3 is 6.08 Å². The van der Waals surface area contributed by atoms with E-state index in [4.69, 9.17) is 0 Å². The van der Waals surface area contributed by atoms with Crippen LogP contribution in [0, 0.1) is 0 Å². The Morgan fingerprint density at radius 3 is 2.58 bits per heavy atom. The summed E-state index contributed by atoms with van der Waals surface area (Å²) < 4.78 is 41.9. The van der Waals surface area contributed by atoms with E-state index in [9.17, 15) is 23.1 Å². The third kappa shape index (κ3) is 5.69. The van der Waals surface area contributed by atoms with Crippen LogP contribution in [0.3, 0.4) is 0 Å². The molecule has 0 bridgehead atoms. The molecule has 0 saturated carbocycles. The molecule has 0 spiro atoms. The molecule has 2 heterocycles. The van der Waals surface area contributed by atoms with Crippen LogP contribution < -0.4 is 4.72 Å². The van der Waals surface area contributed by atoms with E-state index < -0.39 is 23.9 Å². The number of carbonyl (C=O) groups is 1. The summed E-state index contributed by atoms with van der Waals surface area (Å²) in [6, 6.07) is 13.1. The van der Waals surface area contributed by atoms with E-state index in [2.05, 4.69) is 9.71 Å². The van der Waals surface area contributed by atoms with E-state index in [-0.39, 0.29) is 38.3 Å². The molecule has 0 atom stereocenters. The van der Waals surface area contributed by atoms with Gasteiger partial charge in [0.25, 0.3) is 5.91 Å². The van der Waals surface area contributed by atoms with Crippen molar-refractivity contribution >= 4 is 45.1 Å². The molecule has 5 nitrogen and oxygen atoms in total. The second-order valence-corrected chi connectivity index (χ2v) is 9.65. The summed E-state index contributed by atoms with van der Waals surface area (Å²) in [5, 5.41) is 10.5. The van der Waals surface area contributed by atoms with Crippen molar-refractivity contribution in [2.24, 2.45) is 0 Å². The van der Waals surface area contributed by atoms with Crippen molar-refractivity contribution in [3.63, 3.8) is 0 Å². The van der Waals surface area contributed by atoms with Crippen LogP contribution in [0.4, 0.5) is 18.9 Å². The monoisotopic (exact) mass is 493 g/mol. The predicted octanol–water partition coefficient (Wildman–Crippen LogP) is 6.24. The van der Waals surface area contributed by atoms with Crippen molar-refractivity contribution in [2.75, 3.05) is 17.8 Å². The van der Waals surface area contributed by atoms with Gasteiger partial charge in [-0.25, -0.2) is 9.37 Å². The lowest BCUT2D eigenvalue weighted by molar-refractivity contribution is -0.0236. The number of hydrogen-bond acceptors (Lipinski definition) is 6. The van der Waals surface area contributed by atoms with Gasteiger partial charge in [0.2, 0.25) is 0 Å². The second-order valence-electron chi connectivity index (χ2n) is 7.92. The molecule has 1 aliphatic heterocycles. The number of benzene rings is 2. The molecule has 0 unspecified atom stereocenters. The number of thiazole rings is 1. The SMILES string of the molecule is O=C(c1ccc(NSc2cccc3scnc23)cc1)N1CCC(O)(CCC(F)=C(F)F)CC1. The molecule has 1 aliphatic rings. The van der Waals surface area contributed by atoms with Crippen LogP contribution in [0.25, 0.3) is 10.2 Å². The standard InChI is InChI=1S/C23H22F3N3O2S2/c24-17(21(25)26)8-9-23(31)10-12-29(13-11-23)22(30)15-4-6-16(7-5-15)28-33-19-3-1-2-18-20(19)27-14-32-18/h1-7,14,28,31H,8-13H2. The third-order valence-corrected chi connectivity index (χ3v) is 7.41. The van der Waals surface area contributed by atoms with Crippen LogP contribution in [0.15, 0.2) is 64.8 Å². The number of likely N-dealkylation sites (tertiary alicyclic amines) is 1. The van der Waals surface area contributed by atoms with Gasteiger partial charge in [0.15, 0.2) is 5.83 Å². The quantitative estimate of drug-likeness (QED) is 0.382. The van der Waals surface area contributed by atoms with Gasteiger partial charge in [-0.1, -0.05) is 6.07 Å². The average Bonchev–Trinajstić information content (AvgIpc) is 3.31. The lowest BCUT2D eigenvalue weighted by Gasteiger charge is -2.38. The van der Waals surface area contributed by atoms with Crippen LogP contribution in [0.1, 0.15) is 36.0 Å². The molecule has 1 saturated heterocycles. The van der Waals surface area contributed by atoms with E-state index in [0.29, 0.717) is 5.56 Å². The number of para-hydroxylation sites is 1. The fourth-order valence-electron chi connectivity index (χ4n) is 3.73. The summed E-state index contributed by atoms with van der Waals surface area (Å²) in [5.74, 6) is -1.65. The molecule has 1 aromatic heterocycles. The minimum atomic E-state index is -2.34. The largest absolute Gasteiger partial charge is 0.390 e. The highest BCUT2D eigenvalue weighted by molar-refractivity contribution is 8.00. The van der Waals surface area contributed by atoms with Crippen molar-refractivity contribution in [2.45, 2.75) is 36.2 Å². The highest BCUT2D eigenvalue weighted by Gasteiger charge is 2.34. The van der Waals surface area contributed by atoms with Gasteiger partial charge in [-0.3, -0.25) is 4.79 Å². The Labute approximate surface area is 197 Å². The number of aromatic nitrogens is 1. The van der Waals surface area contributed by atoms with Crippen LogP contribution in [0.5, 0.6) is 0 Å². The molecule has 174 valence electrons. The number of nitrogens with zero attached hydrogens (tertiary/aromatic N) is 2. The van der Waals surface area contributed by atoms with Gasteiger partial charge < -0.3 is 14.7 Å². The molecule has 4 rings (SSSR count). The van der Waals surface area contributed by atoms with E-state index >= 15 is 0 Å². The van der Waals surface area contributed by atoms with Gasteiger partial charge in [0.05, 0.1) is 26.2 Å². The normalized spacial score (nSPS) is 15.5. The fraction of sp³-hybridized carbons (Fsp3) is 0.304. The zero-order valence-electron chi connectivity index (χ0n) is 17.6. The van der Waals surface area contributed by atoms with Crippen LogP contribution in [0.2, 0.25) is 0 Å². The first-order chi connectivity index (χ1) is 15.8. The molecule has 1 amide bonds. The molecule has 3 aromatic rings. The fourth-order valence-corrected chi connectivity index (χ4v) is 5.27. The highest BCUT2D eigenvalue weighted by atomic mass is 32.2. The van der Waals surface area contributed by atoms with E-state index in [1.165, 1.54) is 11.9 Å². The summed E-state index contributed by atoms with van der Waals surface area (Å²) >= 11 is 3.04. The maximum atomic E-state index is 13.1. The molecular formula is C23H22F3N3O2S2. The molecule has 0 aliphatic carbocycles. The Morgan fingerprint density at radius 2 is 1.88 bits per heavy atom. The zero-order valence-corrected chi connectivity index (χ0v) is 19.2. The topological polar surface area (TPSA) is 65.5 Å². The number of rotatable bonds is 7. The van der Waals surface area contributed by atoms with Crippen LogP contribution >= 0.6 is 23.3 Å². The van der Waals surface area contributed by atoms with Crippen molar-refractivity contribution in [3.05, 3.63) is 65.4 Å². The summed E-state index contributed by atoms with van der Waals surface area (Å²) in [7, 11) is 0. The summed E-state index contributed by atoms with van der Waals surface area (Å²) in [6.45, 7) is 0.568. The predicted molar refractivity (Wildman–Crippen MR) is 125 cm³/mol. The molecule has 1 fully saturated rings. The number of anilines is 1. The first kappa shape index (κ1) is 23.6. The Hall–Kier alpha value is -2.56. The maximum Gasteiger partial charge on any atom is 0.301 e. The number of aliphatic hydroxyl groups is 1. The van der Waals surface area contributed by atoms with Gasteiger partial charge in [0, 0.05) is 30.8 Å². The Balaban J connectivity index is 1.30. The van der Waals surface area contributed by atoms with Crippen LogP contribution in [-0.2, 0) is 0 Å². The lowest BCUT2D eigenvalue weighted by atomic mass is 9.86. The zero-order chi connectivity index (χ0) is 23.4. The van der Waals surface area contributed by atoms with Crippen LogP contribution in [-0.4, -0.2) is 39.6 Å². The number of allylic oxidation sites excluding steroid dienone is 1. The number of carbonyl (C=O) groups excluding carboxylic acids is 1. The molecule has 2 N–H and O–H groups in total. The molecular weight excluding hydrogens is 471 g/mol. The Kier molecular flexibility index (Phi) is 7.26. The molecule has 0 radical (unpaired) electrons. The minimum Gasteiger partial charge on any atom is -0.390 e. The number of fused-ring (bicyclic) bond motifs is 1. The first-order valence-electron chi connectivity index (χ1n) is 10.4. The molecule has 33 heavy (non-hydrogen) atoms. The second kappa shape index (κ2) is 10.1. The third-order valence-electron chi connectivity index (χ3n) is 5.73. The minimum absolute atomic E-state index is 0.0924. The van der Waals surface area contributed by atoms with Crippen molar-refractivity contribution in [1.29, 1.82) is 0 Å².